The molecule has 0 saturated heterocycles. The minimum atomic E-state index is -4.39. The van der Waals surface area contributed by atoms with E-state index in [1.807, 2.05) is 0 Å². The highest BCUT2D eigenvalue weighted by molar-refractivity contribution is 5.96. The molecule has 0 heterocycles. The molecule has 0 aromatic heterocycles. The first kappa shape index (κ1) is 18.8. The van der Waals surface area contributed by atoms with E-state index in [0.717, 1.165) is 25.0 Å². The van der Waals surface area contributed by atoms with E-state index in [4.69, 9.17) is 0 Å². The van der Waals surface area contributed by atoms with Crippen LogP contribution < -0.4 is 16.0 Å². The highest BCUT2D eigenvalue weighted by Crippen LogP contribution is 2.29. The minimum Gasteiger partial charge on any atom is -0.348 e. The number of carbonyl (C=O) groups excluding carboxylic acids is 2. The Labute approximate surface area is 154 Å². The first-order chi connectivity index (χ1) is 12.8. The smallest absolute Gasteiger partial charge is 0.348 e. The van der Waals surface area contributed by atoms with Crippen molar-refractivity contribution in [1.82, 2.24) is 10.6 Å². The second-order valence-electron chi connectivity index (χ2n) is 6.33. The Morgan fingerprint density at radius 2 is 1.74 bits per heavy atom. The Kier molecular flexibility index (Phi) is 5.34. The molecule has 0 unspecified atom stereocenters. The molecule has 8 heteroatoms. The highest BCUT2D eigenvalue weighted by Gasteiger charge is 2.29. The molecule has 27 heavy (non-hydrogen) atoms. The molecule has 2 aromatic rings. The number of hydrogen-bond donors (Lipinski definition) is 3. The number of anilines is 1. The maximum atomic E-state index is 12.6. The van der Waals surface area contributed by atoms with Gasteiger partial charge in [0.1, 0.15) is 0 Å². The summed E-state index contributed by atoms with van der Waals surface area (Å²) in [7, 11) is 0. The zero-order valence-electron chi connectivity index (χ0n) is 14.3. The molecule has 0 bridgehead atoms. The van der Waals surface area contributed by atoms with Crippen molar-refractivity contribution in [2.24, 2.45) is 0 Å². The highest BCUT2D eigenvalue weighted by atomic mass is 19.4. The molecule has 1 saturated carbocycles. The summed E-state index contributed by atoms with van der Waals surface area (Å²) in [5, 5.41) is 8.10. The van der Waals surface area contributed by atoms with Crippen LogP contribution in [-0.4, -0.2) is 18.0 Å². The number of urea groups is 1. The van der Waals surface area contributed by atoms with Crippen molar-refractivity contribution in [2.45, 2.75) is 31.6 Å². The van der Waals surface area contributed by atoms with Gasteiger partial charge in [-0.25, -0.2) is 4.79 Å². The number of nitrogens with one attached hydrogen (secondary N) is 3. The van der Waals surface area contributed by atoms with Crippen molar-refractivity contribution in [3.63, 3.8) is 0 Å². The molecule has 142 valence electrons. The third kappa shape index (κ3) is 5.47. The monoisotopic (exact) mass is 377 g/mol. The normalized spacial score (nSPS) is 13.7. The molecular weight excluding hydrogens is 359 g/mol. The van der Waals surface area contributed by atoms with E-state index in [1.54, 1.807) is 18.2 Å². The third-order valence-corrected chi connectivity index (χ3v) is 4.03. The molecule has 3 rings (SSSR count). The largest absolute Gasteiger partial charge is 0.416 e. The number of benzene rings is 2. The maximum absolute atomic E-state index is 12.6. The topological polar surface area (TPSA) is 70.2 Å². The lowest BCUT2D eigenvalue weighted by molar-refractivity contribution is -0.137. The van der Waals surface area contributed by atoms with E-state index in [2.05, 4.69) is 16.0 Å². The minimum absolute atomic E-state index is 0.0940. The van der Waals surface area contributed by atoms with Crippen molar-refractivity contribution in [3.05, 3.63) is 65.2 Å². The molecule has 0 aliphatic heterocycles. The van der Waals surface area contributed by atoms with Gasteiger partial charge < -0.3 is 16.0 Å². The van der Waals surface area contributed by atoms with Gasteiger partial charge in [-0.15, -0.1) is 0 Å². The standard InChI is InChI=1S/C19H18F3N3O2/c20-19(21,22)14-6-4-12(5-7-14)11-23-17(26)13-2-1-3-16(10-13)25-18(27)24-15-8-9-15/h1-7,10,15H,8-9,11H2,(H,23,26)(H2,24,25,27). The fraction of sp³-hybridized carbons (Fsp3) is 0.263. The van der Waals surface area contributed by atoms with Crippen LogP contribution in [0.15, 0.2) is 48.5 Å². The SMILES string of the molecule is O=C(Nc1cccc(C(=O)NCc2ccc(C(F)(F)F)cc2)c1)NC1CC1. The van der Waals surface area contributed by atoms with Gasteiger partial charge in [-0.2, -0.15) is 13.2 Å². The average molecular weight is 377 g/mol. The summed E-state index contributed by atoms with van der Waals surface area (Å²) >= 11 is 0. The van der Waals surface area contributed by atoms with E-state index >= 15 is 0 Å². The van der Waals surface area contributed by atoms with Crippen LogP contribution in [0.4, 0.5) is 23.7 Å². The number of amides is 3. The molecule has 3 N–H and O–H groups in total. The zero-order valence-corrected chi connectivity index (χ0v) is 14.3. The van der Waals surface area contributed by atoms with Gasteiger partial charge in [0.25, 0.3) is 5.91 Å². The number of hydrogen-bond acceptors (Lipinski definition) is 2. The quantitative estimate of drug-likeness (QED) is 0.739. The van der Waals surface area contributed by atoms with Crippen LogP contribution in [0.25, 0.3) is 0 Å². The lowest BCUT2D eigenvalue weighted by atomic mass is 10.1. The van der Waals surface area contributed by atoms with E-state index in [9.17, 15) is 22.8 Å². The van der Waals surface area contributed by atoms with Crippen molar-refractivity contribution < 1.29 is 22.8 Å². The average Bonchev–Trinajstić information content (AvgIpc) is 3.43. The Morgan fingerprint density at radius 1 is 1.04 bits per heavy atom. The molecule has 0 radical (unpaired) electrons. The van der Waals surface area contributed by atoms with Gasteiger partial charge in [0.2, 0.25) is 0 Å². The third-order valence-electron chi connectivity index (χ3n) is 4.03. The molecule has 2 aromatic carbocycles. The summed E-state index contributed by atoms with van der Waals surface area (Å²) in [4.78, 5) is 24.0. The maximum Gasteiger partial charge on any atom is 0.416 e. The van der Waals surface area contributed by atoms with Crippen LogP contribution >= 0.6 is 0 Å². The van der Waals surface area contributed by atoms with Gasteiger partial charge in [-0.3, -0.25) is 4.79 Å². The Balaban J connectivity index is 1.56. The predicted octanol–water partition coefficient (Wildman–Crippen LogP) is 3.92. The molecular formula is C19H18F3N3O2. The molecule has 1 aliphatic carbocycles. The van der Waals surface area contributed by atoms with Gasteiger partial charge >= 0.3 is 12.2 Å². The Morgan fingerprint density at radius 3 is 2.37 bits per heavy atom. The molecule has 0 atom stereocenters. The van der Waals surface area contributed by atoms with Gasteiger partial charge in [-0.05, 0) is 48.7 Å². The zero-order chi connectivity index (χ0) is 19.4. The number of rotatable bonds is 5. The fourth-order valence-corrected chi connectivity index (χ4v) is 2.41. The van der Waals surface area contributed by atoms with Gasteiger partial charge in [0, 0.05) is 23.8 Å². The molecule has 3 amide bonds. The first-order valence-corrected chi connectivity index (χ1v) is 8.43. The number of carbonyl (C=O) groups is 2. The predicted molar refractivity (Wildman–Crippen MR) is 94.2 cm³/mol. The van der Waals surface area contributed by atoms with Crippen LogP contribution in [0.2, 0.25) is 0 Å². The van der Waals surface area contributed by atoms with Gasteiger partial charge in [0.05, 0.1) is 5.56 Å². The van der Waals surface area contributed by atoms with Crippen LogP contribution in [0.5, 0.6) is 0 Å². The van der Waals surface area contributed by atoms with E-state index in [1.165, 1.54) is 18.2 Å². The summed E-state index contributed by atoms with van der Waals surface area (Å²) in [6.45, 7) is 0.0940. The summed E-state index contributed by atoms with van der Waals surface area (Å²) in [5.74, 6) is -0.388. The summed E-state index contributed by atoms with van der Waals surface area (Å²) < 4.78 is 37.7. The van der Waals surface area contributed by atoms with Gasteiger partial charge in [-0.1, -0.05) is 18.2 Å². The van der Waals surface area contributed by atoms with E-state index in [0.29, 0.717) is 16.8 Å². The van der Waals surface area contributed by atoms with Crippen molar-refractivity contribution in [1.29, 1.82) is 0 Å². The summed E-state index contributed by atoms with van der Waals surface area (Å²) in [5.41, 5.74) is 0.636. The van der Waals surface area contributed by atoms with Gasteiger partial charge in [0.15, 0.2) is 0 Å². The van der Waals surface area contributed by atoms with Crippen LogP contribution in [-0.2, 0) is 12.7 Å². The lowest BCUT2D eigenvalue weighted by Crippen LogP contribution is -2.30. The fourth-order valence-electron chi connectivity index (χ4n) is 2.41. The molecule has 1 aliphatic rings. The number of halogens is 3. The lowest BCUT2D eigenvalue weighted by Gasteiger charge is -2.10. The Hall–Kier alpha value is -3.03. The molecule has 1 fully saturated rings. The van der Waals surface area contributed by atoms with Crippen molar-refractivity contribution in [3.8, 4) is 0 Å². The summed E-state index contributed by atoms with van der Waals surface area (Å²) in [6, 6.07) is 10.9. The van der Waals surface area contributed by atoms with E-state index < -0.39 is 11.7 Å². The first-order valence-electron chi connectivity index (χ1n) is 8.43. The second kappa shape index (κ2) is 7.69. The van der Waals surface area contributed by atoms with Crippen molar-refractivity contribution >= 4 is 17.6 Å². The van der Waals surface area contributed by atoms with Crippen LogP contribution in [0, 0.1) is 0 Å². The summed E-state index contributed by atoms with van der Waals surface area (Å²) in [6.07, 6.45) is -2.44. The molecule has 0 spiro atoms. The Bertz CT molecular complexity index is 831. The van der Waals surface area contributed by atoms with Crippen molar-refractivity contribution in [2.75, 3.05) is 5.32 Å². The number of alkyl halides is 3. The molecule has 5 nitrogen and oxygen atoms in total. The van der Waals surface area contributed by atoms with E-state index in [-0.39, 0.29) is 24.5 Å². The van der Waals surface area contributed by atoms with Crippen LogP contribution in [0.3, 0.4) is 0 Å². The van der Waals surface area contributed by atoms with Crippen LogP contribution in [0.1, 0.15) is 34.3 Å². The second-order valence-corrected chi connectivity index (χ2v) is 6.33.